The number of hydrogen-bond acceptors (Lipinski definition) is 3. The first-order valence-electron chi connectivity index (χ1n) is 10.8. The number of nitriles is 1. The van der Waals surface area contributed by atoms with Crippen LogP contribution < -0.4 is 4.74 Å². The van der Waals surface area contributed by atoms with Gasteiger partial charge in [0.25, 0.3) is 0 Å². The minimum atomic E-state index is -0.0603. The number of carbonyl (C=O) groups excluding carboxylic acids is 1. The molecule has 0 aromatic heterocycles. The highest BCUT2D eigenvalue weighted by Crippen LogP contribution is 2.24. The number of carbonyl (C=O) groups is 1. The van der Waals surface area contributed by atoms with Gasteiger partial charge in [-0.2, -0.15) is 5.26 Å². The maximum Gasteiger partial charge on any atom is 0.229 e. The molecule has 1 aliphatic rings. The van der Waals surface area contributed by atoms with Crippen molar-refractivity contribution in [3.63, 3.8) is 0 Å². The molecule has 3 aromatic carbocycles. The molecule has 1 heterocycles. The first-order valence-corrected chi connectivity index (χ1v) is 10.8. The summed E-state index contributed by atoms with van der Waals surface area (Å²) >= 11 is 0. The third-order valence-electron chi connectivity index (χ3n) is 5.80. The molecule has 4 nitrogen and oxygen atoms in total. The van der Waals surface area contributed by atoms with Crippen molar-refractivity contribution < 1.29 is 9.53 Å². The zero-order chi connectivity index (χ0) is 21.5. The van der Waals surface area contributed by atoms with Crippen molar-refractivity contribution in [1.82, 2.24) is 4.90 Å². The van der Waals surface area contributed by atoms with E-state index in [9.17, 15) is 4.79 Å². The van der Waals surface area contributed by atoms with Gasteiger partial charge in [0.2, 0.25) is 5.91 Å². The quantitative estimate of drug-likeness (QED) is 0.520. The number of benzene rings is 3. The maximum atomic E-state index is 12.7. The SMILES string of the molecule is N#Cc1ccc(-c2ccc(OCC3CCN(CCCc4ccccc4)C3=O)cc2)cc1. The molecule has 31 heavy (non-hydrogen) atoms. The number of amides is 1. The predicted molar refractivity (Wildman–Crippen MR) is 122 cm³/mol. The molecule has 0 spiro atoms. The molecule has 0 aliphatic carbocycles. The van der Waals surface area contributed by atoms with Gasteiger partial charge in [-0.3, -0.25) is 4.79 Å². The largest absolute Gasteiger partial charge is 0.493 e. The highest BCUT2D eigenvalue weighted by molar-refractivity contribution is 5.81. The van der Waals surface area contributed by atoms with Crippen LogP contribution in [0, 0.1) is 17.2 Å². The monoisotopic (exact) mass is 410 g/mol. The second-order valence-corrected chi connectivity index (χ2v) is 7.92. The second kappa shape index (κ2) is 9.95. The Morgan fingerprint density at radius 2 is 1.61 bits per heavy atom. The van der Waals surface area contributed by atoms with E-state index in [0.29, 0.717) is 12.2 Å². The third kappa shape index (κ3) is 5.32. The summed E-state index contributed by atoms with van der Waals surface area (Å²) in [6.07, 6.45) is 2.84. The van der Waals surface area contributed by atoms with Crippen molar-refractivity contribution in [2.75, 3.05) is 19.7 Å². The molecular weight excluding hydrogens is 384 g/mol. The van der Waals surface area contributed by atoms with Gasteiger partial charge >= 0.3 is 0 Å². The minimum Gasteiger partial charge on any atom is -0.493 e. The Kier molecular flexibility index (Phi) is 6.64. The van der Waals surface area contributed by atoms with E-state index in [1.54, 1.807) is 0 Å². The fourth-order valence-corrected chi connectivity index (χ4v) is 3.98. The van der Waals surface area contributed by atoms with E-state index < -0.39 is 0 Å². The Hall–Kier alpha value is -3.58. The molecule has 1 saturated heterocycles. The molecule has 1 fully saturated rings. The summed E-state index contributed by atoms with van der Waals surface area (Å²) in [7, 11) is 0. The number of aryl methyl sites for hydroxylation is 1. The lowest BCUT2D eigenvalue weighted by molar-refractivity contribution is -0.131. The van der Waals surface area contributed by atoms with Crippen molar-refractivity contribution in [2.24, 2.45) is 5.92 Å². The summed E-state index contributed by atoms with van der Waals surface area (Å²) in [5.74, 6) is 0.921. The molecule has 4 rings (SSSR count). The topological polar surface area (TPSA) is 53.3 Å². The Bertz CT molecular complexity index is 1040. The zero-order valence-corrected chi connectivity index (χ0v) is 17.5. The van der Waals surface area contributed by atoms with E-state index in [0.717, 1.165) is 49.2 Å². The van der Waals surface area contributed by atoms with Crippen LogP contribution in [0.4, 0.5) is 0 Å². The number of hydrogen-bond donors (Lipinski definition) is 0. The van der Waals surface area contributed by atoms with Gasteiger partial charge in [-0.05, 0) is 60.2 Å². The third-order valence-corrected chi connectivity index (χ3v) is 5.80. The zero-order valence-electron chi connectivity index (χ0n) is 17.5. The Morgan fingerprint density at radius 1 is 0.935 bits per heavy atom. The fraction of sp³-hybridized carbons (Fsp3) is 0.259. The predicted octanol–water partition coefficient (Wildman–Crippen LogP) is 5.09. The van der Waals surface area contributed by atoms with Crippen LogP contribution in [0.25, 0.3) is 11.1 Å². The van der Waals surface area contributed by atoms with Crippen molar-refractivity contribution >= 4 is 5.91 Å². The number of likely N-dealkylation sites (tertiary alicyclic amines) is 1. The van der Waals surface area contributed by atoms with Crippen molar-refractivity contribution in [3.05, 3.63) is 90.0 Å². The lowest BCUT2D eigenvalue weighted by Gasteiger charge is -2.17. The number of ether oxygens (including phenoxy) is 1. The molecule has 0 bridgehead atoms. The van der Waals surface area contributed by atoms with E-state index >= 15 is 0 Å². The van der Waals surface area contributed by atoms with Gasteiger partial charge in [0.1, 0.15) is 5.75 Å². The van der Waals surface area contributed by atoms with Crippen LogP contribution in [0.2, 0.25) is 0 Å². The van der Waals surface area contributed by atoms with Crippen molar-refractivity contribution in [3.8, 4) is 22.9 Å². The standard InChI is InChI=1S/C27H26N2O2/c28-19-22-8-10-23(11-9-22)24-12-14-26(15-13-24)31-20-25-16-18-29(27(25)30)17-4-7-21-5-2-1-3-6-21/h1-3,5-6,8-15,25H,4,7,16-18,20H2. The first-order chi connectivity index (χ1) is 15.2. The van der Waals surface area contributed by atoms with Crippen LogP contribution in [0.5, 0.6) is 5.75 Å². The number of nitrogens with zero attached hydrogens (tertiary/aromatic N) is 2. The lowest BCUT2D eigenvalue weighted by atomic mass is 10.0. The normalized spacial score (nSPS) is 15.6. The van der Waals surface area contributed by atoms with E-state index in [2.05, 4.69) is 30.3 Å². The summed E-state index contributed by atoms with van der Waals surface area (Å²) in [4.78, 5) is 14.7. The summed E-state index contributed by atoms with van der Waals surface area (Å²) < 4.78 is 5.92. The van der Waals surface area contributed by atoms with Gasteiger partial charge < -0.3 is 9.64 Å². The molecule has 1 aliphatic heterocycles. The summed E-state index contributed by atoms with van der Waals surface area (Å²) in [6.45, 7) is 2.05. The van der Waals surface area contributed by atoms with Gasteiger partial charge in [0, 0.05) is 13.1 Å². The fourth-order valence-electron chi connectivity index (χ4n) is 3.98. The molecule has 0 saturated carbocycles. The molecule has 1 unspecified atom stereocenters. The number of rotatable bonds is 8. The highest BCUT2D eigenvalue weighted by Gasteiger charge is 2.31. The second-order valence-electron chi connectivity index (χ2n) is 7.92. The summed E-state index contributed by atoms with van der Waals surface area (Å²) in [6, 6.07) is 27.9. The lowest BCUT2D eigenvalue weighted by Crippen LogP contribution is -2.30. The summed E-state index contributed by atoms with van der Waals surface area (Å²) in [5, 5.41) is 8.92. The molecule has 1 atom stereocenters. The van der Waals surface area contributed by atoms with Crippen molar-refractivity contribution in [1.29, 1.82) is 5.26 Å². The smallest absolute Gasteiger partial charge is 0.229 e. The Balaban J connectivity index is 1.24. The van der Waals surface area contributed by atoms with Crippen LogP contribution >= 0.6 is 0 Å². The van der Waals surface area contributed by atoms with Crippen LogP contribution in [-0.4, -0.2) is 30.5 Å². The van der Waals surface area contributed by atoms with E-state index in [-0.39, 0.29) is 11.8 Å². The molecule has 0 radical (unpaired) electrons. The van der Waals surface area contributed by atoms with Crippen molar-refractivity contribution in [2.45, 2.75) is 19.3 Å². The molecule has 156 valence electrons. The first kappa shape index (κ1) is 20.7. The van der Waals surface area contributed by atoms with E-state index in [1.807, 2.05) is 59.5 Å². The van der Waals surface area contributed by atoms with E-state index in [4.69, 9.17) is 10.00 Å². The molecule has 3 aromatic rings. The molecule has 0 N–H and O–H groups in total. The average Bonchev–Trinajstić information content (AvgIpc) is 3.18. The van der Waals surface area contributed by atoms with E-state index in [1.165, 1.54) is 5.56 Å². The van der Waals surface area contributed by atoms with Gasteiger partial charge in [-0.15, -0.1) is 0 Å². The van der Waals surface area contributed by atoms with Crippen LogP contribution in [-0.2, 0) is 11.2 Å². The van der Waals surface area contributed by atoms with Gasteiger partial charge in [0.15, 0.2) is 0 Å². The molecular formula is C27H26N2O2. The van der Waals surface area contributed by atoms with Crippen LogP contribution in [0.3, 0.4) is 0 Å². The summed E-state index contributed by atoms with van der Waals surface area (Å²) in [5.41, 5.74) is 4.10. The minimum absolute atomic E-state index is 0.0603. The highest BCUT2D eigenvalue weighted by atomic mass is 16.5. The van der Waals surface area contributed by atoms with Crippen LogP contribution in [0.1, 0.15) is 24.0 Å². The average molecular weight is 411 g/mol. The Labute approximate surface area is 183 Å². The van der Waals surface area contributed by atoms with Gasteiger partial charge in [-0.1, -0.05) is 54.6 Å². The van der Waals surface area contributed by atoms with Gasteiger partial charge in [-0.25, -0.2) is 0 Å². The van der Waals surface area contributed by atoms with Crippen LogP contribution in [0.15, 0.2) is 78.9 Å². The molecule has 4 heteroatoms. The maximum absolute atomic E-state index is 12.7. The molecule has 1 amide bonds. The van der Waals surface area contributed by atoms with Gasteiger partial charge in [0.05, 0.1) is 24.2 Å². The Morgan fingerprint density at radius 3 is 2.29 bits per heavy atom.